The summed E-state index contributed by atoms with van der Waals surface area (Å²) in [6.45, 7) is 8.90. The molecule has 1 heteroatoms. The molecule has 0 radical (unpaired) electrons. The van der Waals surface area contributed by atoms with E-state index < -0.39 is 0 Å². The van der Waals surface area contributed by atoms with Crippen molar-refractivity contribution in [2.75, 3.05) is 0 Å². The van der Waals surface area contributed by atoms with E-state index in [4.69, 9.17) is 5.73 Å². The molecular weight excluding hydrogens is 182 g/mol. The van der Waals surface area contributed by atoms with Crippen molar-refractivity contribution in [2.45, 2.75) is 45.6 Å². The van der Waals surface area contributed by atoms with Crippen LogP contribution in [-0.4, -0.2) is 6.04 Å². The Balaban J connectivity index is 2.92. The summed E-state index contributed by atoms with van der Waals surface area (Å²) in [4.78, 5) is 0. The van der Waals surface area contributed by atoms with Crippen molar-refractivity contribution in [1.82, 2.24) is 0 Å². The smallest absolute Gasteiger partial charge is 0.0157 e. The third kappa shape index (κ3) is 2.60. The molecule has 0 saturated carbocycles. The summed E-state index contributed by atoms with van der Waals surface area (Å²) in [6, 6.07) is 10.8. The van der Waals surface area contributed by atoms with Crippen molar-refractivity contribution in [3.63, 3.8) is 0 Å². The molecule has 0 aromatic heterocycles. The van der Waals surface area contributed by atoms with Crippen molar-refractivity contribution >= 4 is 0 Å². The summed E-state index contributed by atoms with van der Waals surface area (Å²) in [5.74, 6) is 0.556. The minimum Gasteiger partial charge on any atom is -0.327 e. The quantitative estimate of drug-likeness (QED) is 0.801. The summed E-state index contributed by atoms with van der Waals surface area (Å²) >= 11 is 0. The average molecular weight is 205 g/mol. The molecule has 0 spiro atoms. The van der Waals surface area contributed by atoms with Crippen molar-refractivity contribution < 1.29 is 0 Å². The van der Waals surface area contributed by atoms with E-state index in [1.54, 1.807) is 0 Å². The van der Waals surface area contributed by atoms with E-state index in [2.05, 4.69) is 52.0 Å². The molecule has 0 aliphatic carbocycles. The van der Waals surface area contributed by atoms with Crippen LogP contribution in [0.5, 0.6) is 0 Å². The van der Waals surface area contributed by atoms with Gasteiger partial charge in [-0.25, -0.2) is 0 Å². The van der Waals surface area contributed by atoms with Crippen molar-refractivity contribution in [3.8, 4) is 0 Å². The molecule has 2 atom stereocenters. The van der Waals surface area contributed by atoms with Gasteiger partial charge in [0.1, 0.15) is 0 Å². The number of nitrogens with two attached hydrogens (primary N) is 1. The van der Waals surface area contributed by atoms with Crippen LogP contribution >= 0.6 is 0 Å². The maximum Gasteiger partial charge on any atom is 0.0157 e. The predicted molar refractivity (Wildman–Crippen MR) is 66.9 cm³/mol. The summed E-state index contributed by atoms with van der Waals surface area (Å²) in [5.41, 5.74) is 7.72. The monoisotopic (exact) mass is 205 g/mol. The molecule has 15 heavy (non-hydrogen) atoms. The Morgan fingerprint density at radius 3 is 2.20 bits per heavy atom. The molecule has 0 heterocycles. The maximum atomic E-state index is 6.34. The highest BCUT2D eigenvalue weighted by molar-refractivity contribution is 5.25. The van der Waals surface area contributed by atoms with E-state index in [-0.39, 0.29) is 11.5 Å². The molecule has 0 aliphatic rings. The second-order valence-electron chi connectivity index (χ2n) is 5.00. The predicted octanol–water partition coefficient (Wildman–Crippen LogP) is 3.34. The van der Waals surface area contributed by atoms with Gasteiger partial charge < -0.3 is 5.73 Å². The molecule has 0 saturated heterocycles. The van der Waals surface area contributed by atoms with E-state index in [0.717, 1.165) is 6.42 Å². The molecule has 84 valence electrons. The molecule has 0 fully saturated rings. The van der Waals surface area contributed by atoms with E-state index in [0.29, 0.717) is 5.92 Å². The molecular formula is C14H23N. The molecule has 2 unspecified atom stereocenters. The lowest BCUT2D eigenvalue weighted by Crippen LogP contribution is -2.45. The van der Waals surface area contributed by atoms with Crippen molar-refractivity contribution in [2.24, 2.45) is 11.7 Å². The Morgan fingerprint density at radius 1 is 1.20 bits per heavy atom. The fraction of sp³-hybridized carbons (Fsp3) is 0.571. The summed E-state index contributed by atoms with van der Waals surface area (Å²) in [6.07, 6.45) is 1.14. The van der Waals surface area contributed by atoms with Gasteiger partial charge in [-0.15, -0.1) is 0 Å². The minimum atomic E-state index is 0.0523. The second-order valence-corrected chi connectivity index (χ2v) is 5.00. The molecule has 1 nitrogen and oxygen atoms in total. The molecule has 0 bridgehead atoms. The fourth-order valence-electron chi connectivity index (χ4n) is 2.03. The Hall–Kier alpha value is -0.820. The Kier molecular flexibility index (Phi) is 3.92. The standard InChI is InChI=1S/C14H23N/c1-5-11(2)13(15)14(3,4)12-9-7-6-8-10-12/h6-11,13H,5,15H2,1-4H3. The number of benzene rings is 1. The molecule has 1 rings (SSSR count). The highest BCUT2D eigenvalue weighted by Gasteiger charge is 2.31. The van der Waals surface area contributed by atoms with Crippen LogP contribution in [-0.2, 0) is 5.41 Å². The van der Waals surface area contributed by atoms with Gasteiger partial charge in [-0.2, -0.15) is 0 Å². The lowest BCUT2D eigenvalue weighted by atomic mass is 9.73. The van der Waals surface area contributed by atoms with Crippen LogP contribution in [0.15, 0.2) is 30.3 Å². The van der Waals surface area contributed by atoms with Crippen LogP contribution in [0.3, 0.4) is 0 Å². The summed E-state index contributed by atoms with van der Waals surface area (Å²) < 4.78 is 0. The zero-order valence-electron chi connectivity index (χ0n) is 10.3. The van der Waals surface area contributed by atoms with Gasteiger partial charge in [-0.3, -0.25) is 0 Å². The second kappa shape index (κ2) is 4.80. The van der Waals surface area contributed by atoms with Crippen molar-refractivity contribution in [3.05, 3.63) is 35.9 Å². The van der Waals surface area contributed by atoms with Gasteiger partial charge in [-0.1, -0.05) is 64.4 Å². The molecule has 1 aromatic carbocycles. The first kappa shape index (κ1) is 12.3. The van der Waals surface area contributed by atoms with Crippen LogP contribution in [0.2, 0.25) is 0 Å². The van der Waals surface area contributed by atoms with Crippen LogP contribution in [0, 0.1) is 5.92 Å². The van der Waals surface area contributed by atoms with Crippen molar-refractivity contribution in [1.29, 1.82) is 0 Å². The zero-order valence-corrected chi connectivity index (χ0v) is 10.3. The van der Waals surface area contributed by atoms with Crippen LogP contribution < -0.4 is 5.73 Å². The van der Waals surface area contributed by atoms with E-state index in [1.165, 1.54) is 5.56 Å². The first-order chi connectivity index (χ1) is 7.00. The van der Waals surface area contributed by atoms with E-state index >= 15 is 0 Å². The largest absolute Gasteiger partial charge is 0.327 e. The summed E-state index contributed by atoms with van der Waals surface area (Å²) in [5, 5.41) is 0. The Labute approximate surface area is 93.7 Å². The lowest BCUT2D eigenvalue weighted by molar-refractivity contribution is 0.306. The van der Waals surface area contributed by atoms with Crippen LogP contribution in [0.25, 0.3) is 0 Å². The molecule has 0 aliphatic heterocycles. The molecule has 2 N–H and O–H groups in total. The van der Waals surface area contributed by atoms with Gasteiger partial charge in [0.15, 0.2) is 0 Å². The third-order valence-electron chi connectivity index (χ3n) is 3.61. The van der Waals surface area contributed by atoms with Gasteiger partial charge in [0, 0.05) is 11.5 Å². The third-order valence-corrected chi connectivity index (χ3v) is 3.61. The minimum absolute atomic E-state index is 0.0523. The van der Waals surface area contributed by atoms with Gasteiger partial charge in [0.05, 0.1) is 0 Å². The van der Waals surface area contributed by atoms with E-state index in [9.17, 15) is 0 Å². The average Bonchev–Trinajstić information content (AvgIpc) is 2.28. The van der Waals surface area contributed by atoms with Crippen LogP contribution in [0.1, 0.15) is 39.7 Å². The maximum absolute atomic E-state index is 6.34. The SMILES string of the molecule is CCC(C)C(N)C(C)(C)c1ccccc1. The highest BCUT2D eigenvalue weighted by atomic mass is 14.7. The fourth-order valence-corrected chi connectivity index (χ4v) is 2.03. The molecule has 1 aromatic rings. The lowest BCUT2D eigenvalue weighted by Gasteiger charge is -2.36. The Morgan fingerprint density at radius 2 is 1.73 bits per heavy atom. The normalized spacial score (nSPS) is 16.1. The summed E-state index contributed by atoms with van der Waals surface area (Å²) in [7, 11) is 0. The first-order valence-corrected chi connectivity index (χ1v) is 5.81. The number of hydrogen-bond acceptors (Lipinski definition) is 1. The van der Waals surface area contributed by atoms with Gasteiger partial charge in [-0.05, 0) is 11.5 Å². The van der Waals surface area contributed by atoms with Gasteiger partial charge in [0.2, 0.25) is 0 Å². The highest BCUT2D eigenvalue weighted by Crippen LogP contribution is 2.30. The van der Waals surface area contributed by atoms with Crippen LogP contribution in [0.4, 0.5) is 0 Å². The van der Waals surface area contributed by atoms with E-state index in [1.807, 2.05) is 6.07 Å². The molecule has 0 amide bonds. The topological polar surface area (TPSA) is 26.0 Å². The van der Waals surface area contributed by atoms with Gasteiger partial charge in [0.25, 0.3) is 0 Å². The Bertz CT molecular complexity index is 289. The number of hydrogen-bond donors (Lipinski definition) is 1. The van der Waals surface area contributed by atoms with Gasteiger partial charge >= 0.3 is 0 Å². The first-order valence-electron chi connectivity index (χ1n) is 5.81. The number of rotatable bonds is 4. The zero-order chi connectivity index (χ0) is 11.5.